The molecule has 5 heteroatoms. The topological polar surface area (TPSA) is 55.1 Å². The molecule has 3 N–H and O–H groups in total. The molecule has 1 amide bonds. The standard InChI is InChI=1S/C17H12Cl2N2O/c18-13-8-14(19)16(15(20)9-13)21-17(22)12-6-5-10-3-1-2-4-11(10)7-12/h1-9H,20H2,(H,21,22). The number of nitrogens with one attached hydrogen (secondary N) is 1. The summed E-state index contributed by atoms with van der Waals surface area (Å²) in [5.41, 5.74) is 7.08. The second-order valence-electron chi connectivity index (χ2n) is 4.87. The Morgan fingerprint density at radius 1 is 0.955 bits per heavy atom. The summed E-state index contributed by atoms with van der Waals surface area (Å²) in [4.78, 5) is 12.4. The molecule has 3 nitrogen and oxygen atoms in total. The van der Waals surface area contributed by atoms with Crippen molar-refractivity contribution in [3.05, 3.63) is 70.2 Å². The van der Waals surface area contributed by atoms with E-state index in [4.69, 9.17) is 28.9 Å². The number of nitrogens with two attached hydrogens (primary N) is 1. The molecule has 0 radical (unpaired) electrons. The largest absolute Gasteiger partial charge is 0.397 e. The van der Waals surface area contributed by atoms with Crippen molar-refractivity contribution in [2.45, 2.75) is 0 Å². The lowest BCUT2D eigenvalue weighted by molar-refractivity contribution is 0.102. The zero-order valence-corrected chi connectivity index (χ0v) is 12.9. The molecule has 0 aromatic heterocycles. The van der Waals surface area contributed by atoms with E-state index >= 15 is 0 Å². The molecule has 0 fully saturated rings. The number of nitrogen functional groups attached to an aromatic ring is 1. The fourth-order valence-corrected chi connectivity index (χ4v) is 2.80. The number of carbonyl (C=O) groups is 1. The maximum absolute atomic E-state index is 12.4. The van der Waals surface area contributed by atoms with E-state index in [1.165, 1.54) is 6.07 Å². The number of benzene rings is 3. The molecule has 0 aliphatic carbocycles. The van der Waals surface area contributed by atoms with Gasteiger partial charge in [-0.25, -0.2) is 0 Å². The lowest BCUT2D eigenvalue weighted by atomic mass is 10.1. The normalized spacial score (nSPS) is 10.6. The highest BCUT2D eigenvalue weighted by atomic mass is 35.5. The Kier molecular flexibility index (Phi) is 3.92. The Morgan fingerprint density at radius 3 is 2.41 bits per heavy atom. The van der Waals surface area contributed by atoms with E-state index in [9.17, 15) is 4.79 Å². The van der Waals surface area contributed by atoms with Crippen LogP contribution in [0.15, 0.2) is 54.6 Å². The van der Waals surface area contributed by atoms with Gasteiger partial charge in [0.2, 0.25) is 0 Å². The monoisotopic (exact) mass is 330 g/mol. The second kappa shape index (κ2) is 5.87. The molecular formula is C17H12Cl2N2O. The summed E-state index contributed by atoms with van der Waals surface area (Å²) >= 11 is 11.9. The van der Waals surface area contributed by atoms with Crippen molar-refractivity contribution < 1.29 is 4.79 Å². The average Bonchev–Trinajstić information content (AvgIpc) is 2.50. The van der Waals surface area contributed by atoms with Crippen LogP contribution in [0.2, 0.25) is 10.0 Å². The van der Waals surface area contributed by atoms with Crippen LogP contribution in [-0.2, 0) is 0 Å². The summed E-state index contributed by atoms with van der Waals surface area (Å²) < 4.78 is 0. The summed E-state index contributed by atoms with van der Waals surface area (Å²) in [6, 6.07) is 16.4. The van der Waals surface area contributed by atoms with Gasteiger partial charge in [0, 0.05) is 10.6 Å². The summed E-state index contributed by atoms with van der Waals surface area (Å²) in [6.45, 7) is 0. The zero-order valence-electron chi connectivity index (χ0n) is 11.4. The molecule has 3 rings (SSSR count). The van der Waals surface area contributed by atoms with Crippen molar-refractivity contribution in [2.24, 2.45) is 0 Å². The van der Waals surface area contributed by atoms with Crippen molar-refractivity contribution >= 4 is 51.3 Å². The SMILES string of the molecule is Nc1cc(Cl)cc(Cl)c1NC(=O)c1ccc2ccccc2c1. The molecule has 22 heavy (non-hydrogen) atoms. The molecule has 0 bridgehead atoms. The molecule has 0 atom stereocenters. The van der Waals surface area contributed by atoms with Crippen molar-refractivity contribution in [1.82, 2.24) is 0 Å². The van der Waals surface area contributed by atoms with Crippen molar-refractivity contribution in [3.63, 3.8) is 0 Å². The first-order chi connectivity index (χ1) is 10.5. The number of anilines is 2. The summed E-state index contributed by atoms with van der Waals surface area (Å²) in [5.74, 6) is -0.276. The van der Waals surface area contributed by atoms with Crippen LogP contribution in [0.4, 0.5) is 11.4 Å². The number of hydrogen-bond donors (Lipinski definition) is 2. The third-order valence-electron chi connectivity index (χ3n) is 3.34. The van der Waals surface area contributed by atoms with Gasteiger partial charge in [0.25, 0.3) is 5.91 Å². The minimum Gasteiger partial charge on any atom is -0.397 e. The minimum absolute atomic E-state index is 0.276. The van der Waals surface area contributed by atoms with E-state index in [1.807, 2.05) is 36.4 Å². The quantitative estimate of drug-likeness (QED) is 0.651. The summed E-state index contributed by atoms with van der Waals surface area (Å²) in [5, 5.41) is 5.52. The first-order valence-electron chi connectivity index (χ1n) is 6.59. The lowest BCUT2D eigenvalue weighted by Gasteiger charge is -2.11. The third-order valence-corrected chi connectivity index (χ3v) is 3.85. The Hall–Kier alpha value is -2.23. The summed E-state index contributed by atoms with van der Waals surface area (Å²) in [6.07, 6.45) is 0. The maximum atomic E-state index is 12.4. The Labute approximate surface area is 137 Å². The number of rotatable bonds is 2. The predicted molar refractivity (Wildman–Crippen MR) is 92.8 cm³/mol. The number of amides is 1. The summed E-state index contributed by atoms with van der Waals surface area (Å²) in [7, 11) is 0. The van der Waals surface area contributed by atoms with E-state index in [2.05, 4.69) is 5.32 Å². The van der Waals surface area contributed by atoms with E-state index < -0.39 is 0 Å². The second-order valence-corrected chi connectivity index (χ2v) is 5.71. The molecule has 0 saturated heterocycles. The molecule has 110 valence electrons. The molecule has 0 spiro atoms. The van der Waals surface area contributed by atoms with Gasteiger partial charge in [-0.3, -0.25) is 4.79 Å². The predicted octanol–water partition coefficient (Wildman–Crippen LogP) is 4.98. The number of hydrogen-bond acceptors (Lipinski definition) is 2. The van der Waals surface area contributed by atoms with Gasteiger partial charge in [0.15, 0.2) is 0 Å². The smallest absolute Gasteiger partial charge is 0.255 e. The van der Waals surface area contributed by atoms with Gasteiger partial charge in [-0.05, 0) is 35.0 Å². The molecule has 0 saturated carbocycles. The van der Waals surface area contributed by atoms with Crippen LogP contribution >= 0.6 is 23.2 Å². The van der Waals surface area contributed by atoms with Crippen molar-refractivity contribution in [3.8, 4) is 0 Å². The Bertz CT molecular complexity index is 854. The Balaban J connectivity index is 1.93. The highest BCUT2D eigenvalue weighted by Gasteiger charge is 2.12. The van der Waals surface area contributed by atoms with Crippen LogP contribution in [0.1, 0.15) is 10.4 Å². The molecular weight excluding hydrogens is 319 g/mol. The van der Waals surface area contributed by atoms with Gasteiger partial charge in [-0.15, -0.1) is 0 Å². The van der Waals surface area contributed by atoms with Crippen molar-refractivity contribution in [2.75, 3.05) is 11.1 Å². The van der Waals surface area contributed by atoms with Crippen LogP contribution in [-0.4, -0.2) is 5.91 Å². The fourth-order valence-electron chi connectivity index (χ4n) is 2.24. The lowest BCUT2D eigenvalue weighted by Crippen LogP contribution is -2.13. The van der Waals surface area contributed by atoms with Crippen LogP contribution < -0.4 is 11.1 Å². The molecule has 0 aliphatic heterocycles. The van der Waals surface area contributed by atoms with Gasteiger partial charge < -0.3 is 11.1 Å². The number of carbonyl (C=O) groups excluding carboxylic acids is 1. The number of fused-ring (bicyclic) bond motifs is 1. The van der Waals surface area contributed by atoms with E-state index in [0.717, 1.165) is 10.8 Å². The van der Waals surface area contributed by atoms with Gasteiger partial charge in [0.05, 0.1) is 16.4 Å². The third kappa shape index (κ3) is 2.86. The van der Waals surface area contributed by atoms with Crippen molar-refractivity contribution in [1.29, 1.82) is 0 Å². The molecule has 3 aromatic rings. The first kappa shape index (κ1) is 14.7. The van der Waals surface area contributed by atoms with Crippen LogP contribution in [0, 0.1) is 0 Å². The highest BCUT2D eigenvalue weighted by molar-refractivity contribution is 6.37. The average molecular weight is 331 g/mol. The van der Waals surface area contributed by atoms with Crippen LogP contribution in [0.5, 0.6) is 0 Å². The molecule has 0 heterocycles. The molecule has 3 aromatic carbocycles. The van der Waals surface area contributed by atoms with Gasteiger partial charge in [-0.2, -0.15) is 0 Å². The number of halogens is 2. The first-order valence-corrected chi connectivity index (χ1v) is 7.35. The van der Waals surface area contributed by atoms with E-state index in [0.29, 0.717) is 27.0 Å². The van der Waals surface area contributed by atoms with Crippen LogP contribution in [0.3, 0.4) is 0 Å². The maximum Gasteiger partial charge on any atom is 0.255 e. The zero-order chi connectivity index (χ0) is 15.7. The highest BCUT2D eigenvalue weighted by Crippen LogP contribution is 2.32. The molecule has 0 aliphatic rings. The Morgan fingerprint density at radius 2 is 1.68 bits per heavy atom. The minimum atomic E-state index is -0.276. The van der Waals surface area contributed by atoms with Gasteiger partial charge in [0.1, 0.15) is 0 Å². The van der Waals surface area contributed by atoms with Crippen LogP contribution in [0.25, 0.3) is 10.8 Å². The van der Waals surface area contributed by atoms with Gasteiger partial charge in [-0.1, -0.05) is 53.5 Å². The van der Waals surface area contributed by atoms with Gasteiger partial charge >= 0.3 is 0 Å². The fraction of sp³-hybridized carbons (Fsp3) is 0. The van der Waals surface area contributed by atoms with E-state index in [1.54, 1.807) is 12.1 Å². The van der Waals surface area contributed by atoms with E-state index in [-0.39, 0.29) is 5.91 Å². The molecule has 0 unspecified atom stereocenters.